The Kier molecular flexibility index (Phi) is 16.5. The number of unbranched alkanes of at least 4 members (excludes halogenated alkanes) is 11. The molecule has 0 unspecified atom stereocenters. The molecule has 0 spiro atoms. The topological polar surface area (TPSA) is 52.3 Å². The fourth-order valence-corrected chi connectivity index (χ4v) is 2.40. The first-order valence-corrected chi connectivity index (χ1v) is 8.85. The van der Waals surface area contributed by atoms with Crippen LogP contribution in [0, 0.1) is 0 Å². The molecule has 0 aliphatic rings. The summed E-state index contributed by atoms with van der Waals surface area (Å²) in [5, 5.41) is 0. The van der Waals surface area contributed by atoms with Gasteiger partial charge in [-0.2, -0.15) is 5.90 Å². The molecular formula is C18H35NO2. The van der Waals surface area contributed by atoms with Gasteiger partial charge in [-0.15, -0.1) is 0 Å². The minimum absolute atomic E-state index is 0.298. The minimum atomic E-state index is -0.298. The van der Waals surface area contributed by atoms with E-state index in [4.69, 9.17) is 5.90 Å². The summed E-state index contributed by atoms with van der Waals surface area (Å²) < 4.78 is 0. The first-order valence-electron chi connectivity index (χ1n) is 8.85. The van der Waals surface area contributed by atoms with Gasteiger partial charge < -0.3 is 4.84 Å². The second kappa shape index (κ2) is 17.2. The van der Waals surface area contributed by atoms with Crippen LogP contribution in [0.4, 0.5) is 0 Å². The fraction of sp³-hybridized carbons (Fsp3) is 0.833. The highest BCUT2D eigenvalue weighted by Gasteiger charge is 1.99. The smallest absolute Gasteiger partial charge is 0.324 e. The van der Waals surface area contributed by atoms with Crippen LogP contribution in [0.2, 0.25) is 0 Å². The van der Waals surface area contributed by atoms with E-state index in [0.717, 1.165) is 12.8 Å². The zero-order valence-electron chi connectivity index (χ0n) is 13.9. The van der Waals surface area contributed by atoms with Crippen molar-refractivity contribution in [3.63, 3.8) is 0 Å². The highest BCUT2D eigenvalue weighted by atomic mass is 16.7. The molecule has 0 rings (SSSR count). The predicted octanol–water partition coefficient (Wildman–Crippen LogP) is 5.44. The van der Waals surface area contributed by atoms with E-state index in [0.29, 0.717) is 6.42 Å². The molecule has 0 aromatic carbocycles. The van der Waals surface area contributed by atoms with E-state index in [-0.39, 0.29) is 5.97 Å². The monoisotopic (exact) mass is 297 g/mol. The second-order valence-corrected chi connectivity index (χ2v) is 5.82. The molecule has 0 amide bonds. The van der Waals surface area contributed by atoms with Crippen LogP contribution in [0.1, 0.15) is 96.8 Å². The lowest BCUT2D eigenvalue weighted by molar-refractivity contribution is -0.144. The van der Waals surface area contributed by atoms with E-state index >= 15 is 0 Å². The van der Waals surface area contributed by atoms with Crippen LogP contribution < -0.4 is 5.90 Å². The van der Waals surface area contributed by atoms with Gasteiger partial charge in [-0.25, -0.2) is 0 Å². The van der Waals surface area contributed by atoms with E-state index in [1.807, 2.05) is 0 Å². The molecule has 0 radical (unpaired) electrons. The lowest BCUT2D eigenvalue weighted by atomic mass is 10.1. The van der Waals surface area contributed by atoms with Crippen molar-refractivity contribution in [1.29, 1.82) is 0 Å². The van der Waals surface area contributed by atoms with Gasteiger partial charge in [-0.1, -0.05) is 70.4 Å². The van der Waals surface area contributed by atoms with Crippen LogP contribution in [0.5, 0.6) is 0 Å². The number of hydrogen-bond donors (Lipinski definition) is 1. The maximum atomic E-state index is 10.8. The van der Waals surface area contributed by atoms with Crippen LogP contribution in [0.15, 0.2) is 12.2 Å². The second-order valence-electron chi connectivity index (χ2n) is 5.82. The number of carbonyl (C=O) groups excluding carboxylic acids is 1. The molecule has 0 saturated carbocycles. The van der Waals surface area contributed by atoms with Gasteiger partial charge in [-0.05, 0) is 32.1 Å². The van der Waals surface area contributed by atoms with Crippen molar-refractivity contribution in [2.24, 2.45) is 5.90 Å². The van der Waals surface area contributed by atoms with Gasteiger partial charge in [0.25, 0.3) is 0 Å². The van der Waals surface area contributed by atoms with Crippen molar-refractivity contribution >= 4 is 5.97 Å². The Morgan fingerprint density at radius 3 is 1.81 bits per heavy atom. The largest absolute Gasteiger partial charge is 0.373 e. The normalized spacial score (nSPS) is 11.1. The average molecular weight is 297 g/mol. The molecule has 3 nitrogen and oxygen atoms in total. The van der Waals surface area contributed by atoms with Crippen LogP contribution in [0.25, 0.3) is 0 Å². The summed E-state index contributed by atoms with van der Waals surface area (Å²) in [6.45, 7) is 2.26. The molecule has 0 aliphatic heterocycles. The Morgan fingerprint density at radius 1 is 0.810 bits per heavy atom. The predicted molar refractivity (Wildman–Crippen MR) is 89.7 cm³/mol. The molecule has 2 N–H and O–H groups in total. The third-order valence-corrected chi connectivity index (χ3v) is 3.77. The van der Waals surface area contributed by atoms with Crippen molar-refractivity contribution < 1.29 is 9.63 Å². The van der Waals surface area contributed by atoms with Gasteiger partial charge in [0.1, 0.15) is 0 Å². The third kappa shape index (κ3) is 17.1. The molecule has 0 aromatic rings. The molecule has 21 heavy (non-hydrogen) atoms. The van der Waals surface area contributed by atoms with E-state index in [1.54, 1.807) is 0 Å². The Bertz CT molecular complexity index is 252. The molecule has 0 aliphatic carbocycles. The standard InChI is InChI=1S/C18H35NO2/c1-2-3-4-5-6-7-8-9-10-11-12-13-14-15-16-17-18(20)21-19/h9-10H,2-8,11-17,19H2,1H3/b10-9-. The first kappa shape index (κ1) is 20.2. The highest BCUT2D eigenvalue weighted by Crippen LogP contribution is 2.09. The Morgan fingerprint density at radius 2 is 1.29 bits per heavy atom. The Balaban J connectivity index is 3.10. The van der Waals surface area contributed by atoms with Crippen LogP contribution in [-0.2, 0) is 9.63 Å². The number of hydrogen-bond acceptors (Lipinski definition) is 3. The number of rotatable bonds is 15. The van der Waals surface area contributed by atoms with Gasteiger partial charge in [-0.3, -0.25) is 4.79 Å². The summed E-state index contributed by atoms with van der Waals surface area (Å²) in [6.07, 6.45) is 21.5. The maximum absolute atomic E-state index is 10.8. The average Bonchev–Trinajstić information content (AvgIpc) is 2.50. The van der Waals surface area contributed by atoms with Gasteiger partial charge in [0.05, 0.1) is 0 Å². The summed E-state index contributed by atoms with van der Waals surface area (Å²) in [5.41, 5.74) is 0. The van der Waals surface area contributed by atoms with Gasteiger partial charge in [0.15, 0.2) is 0 Å². The van der Waals surface area contributed by atoms with Crippen LogP contribution in [0.3, 0.4) is 0 Å². The van der Waals surface area contributed by atoms with Crippen LogP contribution >= 0.6 is 0 Å². The molecule has 0 heterocycles. The van der Waals surface area contributed by atoms with Crippen molar-refractivity contribution in [2.45, 2.75) is 96.8 Å². The van der Waals surface area contributed by atoms with E-state index in [1.165, 1.54) is 70.6 Å². The molecule has 124 valence electrons. The lowest BCUT2D eigenvalue weighted by Crippen LogP contribution is -2.08. The molecule has 3 heteroatoms. The Labute approximate surface area is 131 Å². The zero-order chi connectivity index (χ0) is 15.6. The molecule has 0 bridgehead atoms. The number of carbonyl (C=O) groups is 1. The van der Waals surface area contributed by atoms with Gasteiger partial charge in [0.2, 0.25) is 0 Å². The van der Waals surface area contributed by atoms with E-state index < -0.39 is 0 Å². The molecule has 0 aromatic heterocycles. The molecular weight excluding hydrogens is 262 g/mol. The van der Waals surface area contributed by atoms with Crippen LogP contribution in [-0.4, -0.2) is 5.97 Å². The quantitative estimate of drug-likeness (QED) is 0.249. The minimum Gasteiger partial charge on any atom is -0.373 e. The van der Waals surface area contributed by atoms with Crippen molar-refractivity contribution in [3.8, 4) is 0 Å². The summed E-state index contributed by atoms with van der Waals surface area (Å²) in [4.78, 5) is 14.9. The van der Waals surface area contributed by atoms with Crippen molar-refractivity contribution in [1.82, 2.24) is 0 Å². The van der Waals surface area contributed by atoms with Gasteiger partial charge in [0, 0.05) is 6.42 Å². The molecule has 0 fully saturated rings. The van der Waals surface area contributed by atoms with Gasteiger partial charge >= 0.3 is 5.97 Å². The number of allylic oxidation sites excluding steroid dienone is 2. The fourth-order valence-electron chi connectivity index (χ4n) is 2.40. The number of nitrogens with two attached hydrogens (primary N) is 1. The SMILES string of the molecule is CCCCCCCC/C=C\CCCCCCCC(=O)ON. The maximum Gasteiger partial charge on any atom is 0.324 e. The third-order valence-electron chi connectivity index (χ3n) is 3.77. The first-order chi connectivity index (χ1) is 10.3. The van der Waals surface area contributed by atoms with Crippen molar-refractivity contribution in [3.05, 3.63) is 12.2 Å². The highest BCUT2D eigenvalue weighted by molar-refractivity contribution is 5.68. The molecule has 0 atom stereocenters. The summed E-state index contributed by atoms with van der Waals surface area (Å²) in [6, 6.07) is 0. The molecule has 0 saturated heterocycles. The summed E-state index contributed by atoms with van der Waals surface area (Å²) in [7, 11) is 0. The summed E-state index contributed by atoms with van der Waals surface area (Å²) >= 11 is 0. The zero-order valence-corrected chi connectivity index (χ0v) is 13.9. The van der Waals surface area contributed by atoms with E-state index in [9.17, 15) is 4.79 Å². The lowest BCUT2D eigenvalue weighted by Gasteiger charge is -2.00. The Hall–Kier alpha value is -0.830. The van der Waals surface area contributed by atoms with E-state index in [2.05, 4.69) is 23.9 Å². The summed E-state index contributed by atoms with van der Waals surface area (Å²) in [5.74, 6) is 4.48. The van der Waals surface area contributed by atoms with Crippen molar-refractivity contribution in [2.75, 3.05) is 0 Å².